The van der Waals surface area contributed by atoms with Crippen LogP contribution >= 0.6 is 0 Å². The van der Waals surface area contributed by atoms with Gasteiger partial charge >= 0.3 is 0 Å². The lowest BCUT2D eigenvalue weighted by atomic mass is 9.93. The Bertz CT molecular complexity index is 335. The summed E-state index contributed by atoms with van der Waals surface area (Å²) in [6, 6.07) is 5.48. The normalized spacial score (nSPS) is 26.8. The number of nitrogens with one attached hydrogen (secondary N) is 1. The first-order chi connectivity index (χ1) is 6.68. The zero-order chi connectivity index (χ0) is 10.1. The summed E-state index contributed by atoms with van der Waals surface area (Å²) in [4.78, 5) is 0. The van der Waals surface area contributed by atoms with Crippen LogP contribution in [0.3, 0.4) is 0 Å². The second kappa shape index (κ2) is 3.70. The Morgan fingerprint density at radius 3 is 2.79 bits per heavy atom. The van der Waals surface area contributed by atoms with Crippen LogP contribution in [0.1, 0.15) is 30.5 Å². The molecule has 0 radical (unpaired) electrons. The fraction of sp³-hybridized carbons (Fsp3) is 0.500. The molecule has 0 spiro atoms. The zero-order valence-electron chi connectivity index (χ0n) is 8.68. The topological polar surface area (TPSA) is 12.0 Å². The average Bonchev–Trinajstić information content (AvgIpc) is 2.52. The predicted molar refractivity (Wildman–Crippen MR) is 55.7 cm³/mol. The molecule has 2 atom stereocenters. The van der Waals surface area contributed by atoms with Crippen LogP contribution in [-0.2, 0) is 0 Å². The van der Waals surface area contributed by atoms with Crippen LogP contribution < -0.4 is 5.32 Å². The SMILES string of the molecule is Cc1cc(F)ccc1C1NCCC1C. The van der Waals surface area contributed by atoms with Gasteiger partial charge in [-0.3, -0.25) is 0 Å². The Balaban J connectivity index is 2.31. The van der Waals surface area contributed by atoms with E-state index < -0.39 is 0 Å². The smallest absolute Gasteiger partial charge is 0.123 e. The lowest BCUT2D eigenvalue weighted by molar-refractivity contribution is 0.500. The molecule has 1 nitrogen and oxygen atoms in total. The fourth-order valence-electron chi connectivity index (χ4n) is 2.24. The summed E-state index contributed by atoms with van der Waals surface area (Å²) in [7, 11) is 0. The van der Waals surface area contributed by atoms with E-state index in [9.17, 15) is 4.39 Å². The molecule has 0 bridgehead atoms. The van der Waals surface area contributed by atoms with Crippen molar-refractivity contribution >= 4 is 0 Å². The van der Waals surface area contributed by atoms with E-state index in [1.54, 1.807) is 12.1 Å². The summed E-state index contributed by atoms with van der Waals surface area (Å²) in [5.74, 6) is 0.510. The summed E-state index contributed by atoms with van der Waals surface area (Å²) < 4.78 is 12.9. The predicted octanol–water partition coefficient (Wildman–Crippen LogP) is 2.80. The van der Waals surface area contributed by atoms with Crippen molar-refractivity contribution in [3.63, 3.8) is 0 Å². The van der Waals surface area contributed by atoms with E-state index in [4.69, 9.17) is 0 Å². The number of benzene rings is 1. The van der Waals surface area contributed by atoms with Crippen LogP contribution in [0.4, 0.5) is 4.39 Å². The van der Waals surface area contributed by atoms with Gasteiger partial charge in [-0.1, -0.05) is 13.0 Å². The van der Waals surface area contributed by atoms with Crippen LogP contribution in [0.2, 0.25) is 0 Å². The first-order valence-electron chi connectivity index (χ1n) is 5.18. The molecule has 0 aromatic heterocycles. The molecule has 0 amide bonds. The van der Waals surface area contributed by atoms with Gasteiger partial charge in [-0.25, -0.2) is 4.39 Å². The van der Waals surface area contributed by atoms with Gasteiger partial charge in [-0.2, -0.15) is 0 Å². The molecule has 1 aromatic rings. The van der Waals surface area contributed by atoms with Gasteiger partial charge < -0.3 is 5.32 Å². The zero-order valence-corrected chi connectivity index (χ0v) is 8.68. The molecule has 1 aliphatic heterocycles. The molecule has 0 aliphatic carbocycles. The summed E-state index contributed by atoms with van der Waals surface area (Å²) in [6.07, 6.45) is 1.21. The maximum Gasteiger partial charge on any atom is 0.123 e. The third-order valence-electron chi connectivity index (χ3n) is 3.10. The molecule has 2 rings (SSSR count). The van der Waals surface area contributed by atoms with E-state index in [2.05, 4.69) is 12.2 Å². The van der Waals surface area contributed by atoms with Crippen molar-refractivity contribution in [3.8, 4) is 0 Å². The molecule has 0 saturated carbocycles. The minimum atomic E-state index is -0.142. The number of hydrogen-bond acceptors (Lipinski definition) is 1. The van der Waals surface area contributed by atoms with E-state index in [-0.39, 0.29) is 5.82 Å². The Hall–Kier alpha value is -0.890. The van der Waals surface area contributed by atoms with Gasteiger partial charge in [0.15, 0.2) is 0 Å². The third-order valence-corrected chi connectivity index (χ3v) is 3.10. The molecule has 2 heteroatoms. The molecule has 1 N–H and O–H groups in total. The van der Waals surface area contributed by atoms with Crippen LogP contribution in [0, 0.1) is 18.7 Å². The highest BCUT2D eigenvalue weighted by Crippen LogP contribution is 2.30. The van der Waals surface area contributed by atoms with Gasteiger partial charge in [0, 0.05) is 6.04 Å². The minimum absolute atomic E-state index is 0.142. The molecule has 1 aromatic carbocycles. The van der Waals surface area contributed by atoms with Crippen molar-refractivity contribution in [3.05, 3.63) is 35.1 Å². The van der Waals surface area contributed by atoms with Crippen LogP contribution in [0.15, 0.2) is 18.2 Å². The first kappa shape index (κ1) is 9.66. The van der Waals surface area contributed by atoms with E-state index >= 15 is 0 Å². The van der Waals surface area contributed by atoms with E-state index in [0.29, 0.717) is 12.0 Å². The molecule has 1 saturated heterocycles. The molecule has 76 valence electrons. The highest BCUT2D eigenvalue weighted by atomic mass is 19.1. The average molecular weight is 193 g/mol. The standard InChI is InChI=1S/C12H16FN/c1-8-5-6-14-12(8)11-4-3-10(13)7-9(11)2/h3-4,7-8,12,14H,5-6H2,1-2H3. The molecule has 2 unspecified atom stereocenters. The van der Waals surface area contributed by atoms with Gasteiger partial charge in [-0.05, 0) is 49.1 Å². The van der Waals surface area contributed by atoms with E-state index in [0.717, 1.165) is 12.1 Å². The summed E-state index contributed by atoms with van der Waals surface area (Å²) in [6.45, 7) is 5.29. The van der Waals surface area contributed by atoms with Crippen LogP contribution in [0.25, 0.3) is 0 Å². The number of halogens is 1. The molecular formula is C12H16FN. The molecule has 1 heterocycles. The Morgan fingerprint density at radius 2 is 2.21 bits per heavy atom. The summed E-state index contributed by atoms with van der Waals surface area (Å²) in [5.41, 5.74) is 2.30. The largest absolute Gasteiger partial charge is 0.310 e. The molecule has 1 fully saturated rings. The van der Waals surface area contributed by atoms with Crippen LogP contribution in [0.5, 0.6) is 0 Å². The van der Waals surface area contributed by atoms with Gasteiger partial charge in [0.2, 0.25) is 0 Å². The van der Waals surface area contributed by atoms with Gasteiger partial charge in [-0.15, -0.1) is 0 Å². The lowest BCUT2D eigenvalue weighted by Crippen LogP contribution is -2.17. The van der Waals surface area contributed by atoms with Crippen LogP contribution in [-0.4, -0.2) is 6.54 Å². The highest BCUT2D eigenvalue weighted by Gasteiger charge is 2.25. The minimum Gasteiger partial charge on any atom is -0.310 e. The molecule has 14 heavy (non-hydrogen) atoms. The maximum atomic E-state index is 12.9. The van der Waals surface area contributed by atoms with Crippen molar-refractivity contribution in [1.82, 2.24) is 5.32 Å². The van der Waals surface area contributed by atoms with Crippen molar-refractivity contribution in [2.75, 3.05) is 6.54 Å². The van der Waals surface area contributed by atoms with Crippen molar-refractivity contribution in [1.29, 1.82) is 0 Å². The monoisotopic (exact) mass is 193 g/mol. The number of hydrogen-bond donors (Lipinski definition) is 1. The lowest BCUT2D eigenvalue weighted by Gasteiger charge is -2.18. The van der Waals surface area contributed by atoms with E-state index in [1.807, 2.05) is 13.0 Å². The number of aryl methyl sites for hydroxylation is 1. The van der Waals surface area contributed by atoms with Crippen molar-refractivity contribution in [2.24, 2.45) is 5.92 Å². The second-order valence-electron chi connectivity index (χ2n) is 4.20. The number of rotatable bonds is 1. The summed E-state index contributed by atoms with van der Waals surface area (Å²) in [5, 5.41) is 3.46. The molecule has 1 aliphatic rings. The molecular weight excluding hydrogens is 177 g/mol. The van der Waals surface area contributed by atoms with Gasteiger partial charge in [0.25, 0.3) is 0 Å². The second-order valence-corrected chi connectivity index (χ2v) is 4.20. The Kier molecular flexibility index (Phi) is 2.55. The van der Waals surface area contributed by atoms with E-state index in [1.165, 1.54) is 12.0 Å². The Labute approximate surface area is 84.3 Å². The van der Waals surface area contributed by atoms with Gasteiger partial charge in [0.1, 0.15) is 5.82 Å². The quantitative estimate of drug-likeness (QED) is 0.723. The Morgan fingerprint density at radius 1 is 1.43 bits per heavy atom. The maximum absolute atomic E-state index is 12.9. The highest BCUT2D eigenvalue weighted by molar-refractivity contribution is 5.30. The van der Waals surface area contributed by atoms with Gasteiger partial charge in [0.05, 0.1) is 0 Å². The third kappa shape index (κ3) is 1.67. The first-order valence-corrected chi connectivity index (χ1v) is 5.18. The van der Waals surface area contributed by atoms with Crippen molar-refractivity contribution < 1.29 is 4.39 Å². The fourth-order valence-corrected chi connectivity index (χ4v) is 2.24. The van der Waals surface area contributed by atoms with Crippen molar-refractivity contribution in [2.45, 2.75) is 26.3 Å². The summed E-state index contributed by atoms with van der Waals surface area (Å²) >= 11 is 0.